The van der Waals surface area contributed by atoms with Crippen LogP contribution in [0.15, 0.2) is 54.9 Å². The zero-order chi connectivity index (χ0) is 22.5. The number of piperazine rings is 1. The van der Waals surface area contributed by atoms with Gasteiger partial charge in [0.1, 0.15) is 12.1 Å². The van der Waals surface area contributed by atoms with Crippen molar-refractivity contribution in [3.05, 3.63) is 71.3 Å². The quantitative estimate of drug-likeness (QED) is 0.587. The number of anilines is 2. The molecule has 32 heavy (non-hydrogen) atoms. The van der Waals surface area contributed by atoms with Crippen molar-refractivity contribution in [1.82, 2.24) is 14.9 Å². The number of aromatic nitrogens is 2. The van der Waals surface area contributed by atoms with Crippen molar-refractivity contribution >= 4 is 29.1 Å². The smallest absolute Gasteiger partial charge is 0.321 e. The van der Waals surface area contributed by atoms with Crippen molar-refractivity contribution < 1.29 is 13.9 Å². The highest BCUT2D eigenvalue weighted by Gasteiger charge is 2.23. The Hall–Kier alpha value is -3.39. The summed E-state index contributed by atoms with van der Waals surface area (Å²) in [7, 11) is 0. The number of urea groups is 1. The van der Waals surface area contributed by atoms with Crippen LogP contribution in [0.25, 0.3) is 0 Å². The van der Waals surface area contributed by atoms with E-state index in [1.807, 2.05) is 29.2 Å². The topological polar surface area (TPSA) is 70.6 Å². The molecular formula is C23H23ClFN5O2. The van der Waals surface area contributed by atoms with E-state index in [1.165, 1.54) is 18.5 Å². The normalized spacial score (nSPS) is 13.7. The number of aryl methyl sites for hydroxylation is 1. The molecule has 7 nitrogen and oxygen atoms in total. The molecule has 1 N–H and O–H groups in total. The van der Waals surface area contributed by atoms with Gasteiger partial charge >= 0.3 is 6.03 Å². The Balaban J connectivity index is 1.37. The molecule has 0 saturated carbocycles. The number of carbonyl (C=O) groups excluding carboxylic acids is 1. The summed E-state index contributed by atoms with van der Waals surface area (Å²) in [6, 6.07) is 13.5. The number of nitrogens with zero attached hydrogens (tertiary/aromatic N) is 4. The molecule has 2 heterocycles. The molecular weight excluding hydrogens is 433 g/mol. The first-order chi connectivity index (χ1) is 15.5. The molecule has 1 saturated heterocycles. The highest BCUT2D eigenvalue weighted by Crippen LogP contribution is 2.27. The highest BCUT2D eigenvalue weighted by molar-refractivity contribution is 6.30. The van der Waals surface area contributed by atoms with Crippen LogP contribution in [0.4, 0.5) is 20.7 Å². The lowest BCUT2D eigenvalue weighted by atomic mass is 10.1. The van der Waals surface area contributed by atoms with Crippen molar-refractivity contribution in [3.63, 3.8) is 0 Å². The predicted octanol–water partition coefficient (Wildman–Crippen LogP) is 4.98. The lowest BCUT2D eigenvalue weighted by molar-refractivity contribution is 0.208. The van der Waals surface area contributed by atoms with Crippen molar-refractivity contribution in [1.29, 1.82) is 0 Å². The third-order valence-corrected chi connectivity index (χ3v) is 5.50. The summed E-state index contributed by atoms with van der Waals surface area (Å²) >= 11 is 5.78. The molecule has 3 aromatic rings. The second-order valence-electron chi connectivity index (χ2n) is 7.31. The number of benzene rings is 2. The summed E-state index contributed by atoms with van der Waals surface area (Å²) in [5.41, 5.74) is 1.94. The molecule has 1 aliphatic rings. The summed E-state index contributed by atoms with van der Waals surface area (Å²) in [6.45, 7) is 4.37. The number of hydrogen-bond donors (Lipinski definition) is 1. The molecule has 166 valence electrons. The van der Waals surface area contributed by atoms with Crippen molar-refractivity contribution in [2.24, 2.45) is 0 Å². The van der Waals surface area contributed by atoms with E-state index in [-0.39, 0.29) is 17.7 Å². The van der Waals surface area contributed by atoms with Gasteiger partial charge < -0.3 is 19.9 Å². The molecule has 0 spiro atoms. The number of para-hydroxylation sites is 1. The first kappa shape index (κ1) is 21.8. The van der Waals surface area contributed by atoms with Crippen LogP contribution >= 0.6 is 11.6 Å². The Labute approximate surface area is 190 Å². The monoisotopic (exact) mass is 455 g/mol. The SMILES string of the molecule is CCc1ccccc1NC(=O)N1CCN(c2cc(Oc3ccc(Cl)cc3F)ncn2)CC1. The van der Waals surface area contributed by atoms with E-state index in [0.29, 0.717) is 37.0 Å². The van der Waals surface area contributed by atoms with Gasteiger partial charge in [0, 0.05) is 43.0 Å². The zero-order valence-electron chi connectivity index (χ0n) is 17.6. The molecule has 0 atom stereocenters. The summed E-state index contributed by atoms with van der Waals surface area (Å²) < 4.78 is 19.6. The molecule has 1 fully saturated rings. The third kappa shape index (κ3) is 5.08. The Morgan fingerprint density at radius 1 is 1.12 bits per heavy atom. The minimum Gasteiger partial charge on any atom is -0.436 e. The molecule has 0 unspecified atom stereocenters. The van der Waals surface area contributed by atoms with Gasteiger partial charge in [-0.05, 0) is 36.2 Å². The van der Waals surface area contributed by atoms with E-state index in [4.69, 9.17) is 16.3 Å². The van der Waals surface area contributed by atoms with Crippen molar-refractivity contribution in [2.75, 3.05) is 36.4 Å². The Kier molecular flexibility index (Phi) is 6.70. The van der Waals surface area contributed by atoms with Gasteiger partial charge in [0.05, 0.1) is 0 Å². The molecule has 0 bridgehead atoms. The largest absolute Gasteiger partial charge is 0.436 e. The van der Waals surface area contributed by atoms with Gasteiger partial charge in [0.2, 0.25) is 5.88 Å². The fourth-order valence-corrected chi connectivity index (χ4v) is 3.67. The van der Waals surface area contributed by atoms with Gasteiger partial charge in [-0.15, -0.1) is 0 Å². The summed E-state index contributed by atoms with van der Waals surface area (Å²) in [4.78, 5) is 24.9. The second-order valence-corrected chi connectivity index (χ2v) is 7.74. The second kappa shape index (κ2) is 9.82. The molecule has 1 aliphatic heterocycles. The Morgan fingerprint density at radius 3 is 2.66 bits per heavy atom. The molecule has 2 aromatic carbocycles. The van der Waals surface area contributed by atoms with E-state index in [1.54, 1.807) is 17.0 Å². The first-order valence-corrected chi connectivity index (χ1v) is 10.7. The Morgan fingerprint density at radius 2 is 1.91 bits per heavy atom. The van der Waals surface area contributed by atoms with Crippen LogP contribution in [-0.2, 0) is 6.42 Å². The van der Waals surface area contributed by atoms with E-state index in [9.17, 15) is 9.18 Å². The maximum atomic E-state index is 14.0. The molecule has 4 rings (SSSR count). The molecule has 0 radical (unpaired) electrons. The lowest BCUT2D eigenvalue weighted by Crippen LogP contribution is -2.50. The fraction of sp³-hybridized carbons (Fsp3) is 0.261. The average Bonchev–Trinajstić information content (AvgIpc) is 2.81. The van der Waals surface area contributed by atoms with Crippen LogP contribution in [0.1, 0.15) is 12.5 Å². The zero-order valence-corrected chi connectivity index (χ0v) is 18.3. The fourth-order valence-electron chi connectivity index (χ4n) is 3.51. The maximum Gasteiger partial charge on any atom is 0.321 e. The highest BCUT2D eigenvalue weighted by atomic mass is 35.5. The van der Waals surface area contributed by atoms with Gasteiger partial charge in [0.15, 0.2) is 11.6 Å². The van der Waals surface area contributed by atoms with Gasteiger partial charge in [-0.25, -0.2) is 19.2 Å². The number of nitrogens with one attached hydrogen (secondary N) is 1. The standard InChI is InChI=1S/C23H23ClFN5O2/c1-2-16-5-3-4-6-19(16)28-23(31)30-11-9-29(10-12-30)21-14-22(27-15-26-21)32-20-8-7-17(24)13-18(20)25/h3-8,13-15H,2,9-12H2,1H3,(H,28,31). The van der Waals surface area contributed by atoms with Crippen LogP contribution in [0.5, 0.6) is 11.6 Å². The molecule has 0 aliphatic carbocycles. The van der Waals surface area contributed by atoms with Crippen LogP contribution in [0.3, 0.4) is 0 Å². The maximum absolute atomic E-state index is 14.0. The lowest BCUT2D eigenvalue weighted by Gasteiger charge is -2.35. The van der Waals surface area contributed by atoms with Gasteiger partial charge in [-0.2, -0.15) is 0 Å². The minimum atomic E-state index is -0.568. The van der Waals surface area contributed by atoms with Crippen molar-refractivity contribution in [3.8, 4) is 11.6 Å². The van der Waals surface area contributed by atoms with E-state index >= 15 is 0 Å². The summed E-state index contributed by atoms with van der Waals surface area (Å²) in [5, 5.41) is 3.30. The van der Waals surface area contributed by atoms with E-state index in [0.717, 1.165) is 17.7 Å². The van der Waals surface area contributed by atoms with Crippen molar-refractivity contribution in [2.45, 2.75) is 13.3 Å². The van der Waals surface area contributed by atoms with Crippen LogP contribution in [0.2, 0.25) is 5.02 Å². The summed E-state index contributed by atoms with van der Waals surface area (Å²) in [6.07, 6.45) is 2.22. The molecule has 1 aromatic heterocycles. The third-order valence-electron chi connectivity index (χ3n) is 5.27. The number of hydrogen-bond acceptors (Lipinski definition) is 5. The van der Waals surface area contributed by atoms with Gasteiger partial charge in [0.25, 0.3) is 0 Å². The average molecular weight is 456 g/mol. The number of ether oxygens (including phenoxy) is 1. The van der Waals surface area contributed by atoms with Crippen LogP contribution < -0.4 is 15.0 Å². The van der Waals surface area contributed by atoms with Gasteiger partial charge in [-0.3, -0.25) is 0 Å². The Bertz CT molecular complexity index is 1110. The number of amides is 2. The molecule has 2 amide bonds. The molecule has 9 heteroatoms. The van der Waals surface area contributed by atoms with E-state index < -0.39 is 5.82 Å². The van der Waals surface area contributed by atoms with Crippen LogP contribution in [-0.4, -0.2) is 47.1 Å². The first-order valence-electron chi connectivity index (χ1n) is 10.4. The van der Waals surface area contributed by atoms with Crippen LogP contribution in [0, 0.1) is 5.82 Å². The van der Waals surface area contributed by atoms with E-state index in [2.05, 4.69) is 22.2 Å². The summed E-state index contributed by atoms with van der Waals surface area (Å²) in [5.74, 6) is 0.350. The van der Waals surface area contributed by atoms with Gasteiger partial charge in [-0.1, -0.05) is 36.7 Å². The number of rotatable bonds is 5. The minimum absolute atomic E-state index is 0.0351. The number of carbonyl (C=O) groups is 1. The number of halogens is 2. The predicted molar refractivity (Wildman–Crippen MR) is 122 cm³/mol.